The minimum atomic E-state index is -0.815. The third kappa shape index (κ3) is 2.46. The van der Waals surface area contributed by atoms with Crippen LogP contribution < -0.4 is 10.6 Å². The van der Waals surface area contributed by atoms with Gasteiger partial charge in [0.2, 0.25) is 11.8 Å². The average Bonchev–Trinajstić information content (AvgIpc) is 2.27. The van der Waals surface area contributed by atoms with Crippen LogP contribution in [0, 0.1) is 0 Å². The molecule has 90 valence electrons. The summed E-state index contributed by atoms with van der Waals surface area (Å²) in [6, 6.07) is 9.17. The fraction of sp³-hybridized carbons (Fsp3) is 0.385. The summed E-state index contributed by atoms with van der Waals surface area (Å²) < 4.78 is 0. The van der Waals surface area contributed by atoms with Gasteiger partial charge in [0, 0.05) is 6.42 Å². The molecule has 4 heteroatoms. The molecule has 1 saturated heterocycles. The molecule has 0 bridgehead atoms. The van der Waals surface area contributed by atoms with Crippen LogP contribution in [0.1, 0.15) is 19.4 Å². The molecular weight excluding hydrogens is 216 g/mol. The van der Waals surface area contributed by atoms with Gasteiger partial charge in [-0.05, 0) is 19.4 Å². The molecule has 1 aliphatic heterocycles. The molecule has 2 rings (SSSR count). The van der Waals surface area contributed by atoms with Gasteiger partial charge < -0.3 is 10.6 Å². The lowest BCUT2D eigenvalue weighted by Gasteiger charge is -2.34. The highest BCUT2D eigenvalue weighted by Gasteiger charge is 2.39. The summed E-state index contributed by atoms with van der Waals surface area (Å²) in [6.45, 7) is 3.39. The maximum atomic E-state index is 11.8. The van der Waals surface area contributed by atoms with Crippen molar-refractivity contribution in [1.29, 1.82) is 0 Å². The number of carbonyl (C=O) groups excluding carboxylic acids is 2. The lowest BCUT2D eigenvalue weighted by atomic mass is 9.96. The highest BCUT2D eigenvalue weighted by molar-refractivity contribution is 5.99. The number of nitrogens with one attached hydrogen (secondary N) is 2. The van der Waals surface area contributed by atoms with E-state index in [-0.39, 0.29) is 11.8 Å². The van der Waals surface area contributed by atoms with E-state index in [2.05, 4.69) is 10.6 Å². The number of hydrogen-bond acceptors (Lipinski definition) is 2. The van der Waals surface area contributed by atoms with Gasteiger partial charge in [-0.15, -0.1) is 0 Å². The minimum Gasteiger partial charge on any atom is -0.342 e. The highest BCUT2D eigenvalue weighted by Crippen LogP contribution is 2.12. The van der Waals surface area contributed by atoms with E-state index < -0.39 is 11.6 Å². The molecule has 2 N–H and O–H groups in total. The van der Waals surface area contributed by atoms with Crippen LogP contribution in [-0.2, 0) is 16.0 Å². The van der Waals surface area contributed by atoms with Crippen molar-refractivity contribution in [2.24, 2.45) is 0 Å². The van der Waals surface area contributed by atoms with Crippen LogP contribution >= 0.6 is 0 Å². The second-order valence-electron chi connectivity index (χ2n) is 4.83. The number of hydrogen-bond donors (Lipinski definition) is 2. The van der Waals surface area contributed by atoms with Gasteiger partial charge in [-0.25, -0.2) is 0 Å². The van der Waals surface area contributed by atoms with Gasteiger partial charge in [0.25, 0.3) is 0 Å². The molecule has 2 amide bonds. The Morgan fingerprint density at radius 3 is 2.47 bits per heavy atom. The summed E-state index contributed by atoms with van der Waals surface area (Å²) in [6.07, 6.45) is 0.522. The van der Waals surface area contributed by atoms with Gasteiger partial charge in [-0.3, -0.25) is 9.59 Å². The van der Waals surface area contributed by atoms with Gasteiger partial charge in [-0.1, -0.05) is 30.3 Å². The zero-order valence-corrected chi connectivity index (χ0v) is 9.99. The first kappa shape index (κ1) is 11.6. The highest BCUT2D eigenvalue weighted by atomic mass is 16.2. The Hall–Kier alpha value is -1.84. The van der Waals surface area contributed by atoms with E-state index in [1.807, 2.05) is 30.3 Å². The molecule has 0 saturated carbocycles. The van der Waals surface area contributed by atoms with Gasteiger partial charge >= 0.3 is 0 Å². The van der Waals surface area contributed by atoms with Crippen LogP contribution in [0.2, 0.25) is 0 Å². The molecule has 1 aromatic rings. The Bertz CT molecular complexity index is 440. The van der Waals surface area contributed by atoms with Crippen LogP contribution in [0.25, 0.3) is 0 Å². The molecule has 4 nitrogen and oxygen atoms in total. The van der Waals surface area contributed by atoms with E-state index >= 15 is 0 Å². The van der Waals surface area contributed by atoms with Gasteiger partial charge in [0.05, 0.1) is 0 Å². The number of amides is 2. The summed E-state index contributed by atoms with van der Waals surface area (Å²) in [4.78, 5) is 23.6. The summed E-state index contributed by atoms with van der Waals surface area (Å²) in [5.41, 5.74) is 0.220. The van der Waals surface area contributed by atoms with Crippen molar-refractivity contribution in [3.05, 3.63) is 35.9 Å². The Kier molecular flexibility index (Phi) is 2.88. The Morgan fingerprint density at radius 2 is 1.82 bits per heavy atom. The fourth-order valence-corrected chi connectivity index (χ4v) is 1.85. The predicted molar refractivity (Wildman–Crippen MR) is 64.3 cm³/mol. The van der Waals surface area contributed by atoms with Crippen molar-refractivity contribution in [3.8, 4) is 0 Å². The maximum Gasteiger partial charge on any atom is 0.245 e. The van der Waals surface area contributed by atoms with Crippen molar-refractivity contribution in [3.63, 3.8) is 0 Å². The summed E-state index contributed by atoms with van der Waals surface area (Å²) >= 11 is 0. The van der Waals surface area contributed by atoms with Crippen LogP contribution in [0.15, 0.2) is 30.3 Å². The Balaban J connectivity index is 2.09. The van der Waals surface area contributed by atoms with Crippen LogP contribution in [-0.4, -0.2) is 23.4 Å². The molecule has 0 radical (unpaired) electrons. The third-order valence-electron chi connectivity index (χ3n) is 2.91. The number of carbonyl (C=O) groups is 2. The molecular formula is C13H16N2O2. The van der Waals surface area contributed by atoms with Gasteiger partial charge in [0.15, 0.2) is 0 Å². The monoisotopic (exact) mass is 232 g/mol. The van der Waals surface area contributed by atoms with Crippen molar-refractivity contribution in [2.75, 3.05) is 0 Å². The van der Waals surface area contributed by atoms with E-state index in [4.69, 9.17) is 0 Å². The molecule has 0 aliphatic carbocycles. The van der Waals surface area contributed by atoms with E-state index in [0.29, 0.717) is 6.42 Å². The largest absolute Gasteiger partial charge is 0.342 e. The zero-order chi connectivity index (χ0) is 12.5. The zero-order valence-electron chi connectivity index (χ0n) is 9.99. The standard InChI is InChI=1S/C13H16N2O2/c1-13(2)12(17)14-10(11(16)15-13)8-9-6-4-3-5-7-9/h3-7,10H,8H2,1-2H3,(H,14,17)(H,15,16)/t10-/m0/s1. The Labute approximate surface area is 100 Å². The minimum absolute atomic E-state index is 0.126. The molecule has 1 atom stereocenters. The normalized spacial score (nSPS) is 22.8. The summed E-state index contributed by atoms with van der Waals surface area (Å²) in [7, 11) is 0. The van der Waals surface area contributed by atoms with Crippen molar-refractivity contribution < 1.29 is 9.59 Å². The lowest BCUT2D eigenvalue weighted by molar-refractivity contribution is -0.140. The second-order valence-corrected chi connectivity index (χ2v) is 4.83. The van der Waals surface area contributed by atoms with Gasteiger partial charge in [0.1, 0.15) is 11.6 Å². The molecule has 0 spiro atoms. The molecule has 17 heavy (non-hydrogen) atoms. The Morgan fingerprint density at radius 1 is 1.18 bits per heavy atom. The molecule has 1 fully saturated rings. The van der Waals surface area contributed by atoms with Gasteiger partial charge in [-0.2, -0.15) is 0 Å². The van der Waals surface area contributed by atoms with Crippen LogP contribution in [0.5, 0.6) is 0 Å². The molecule has 0 aromatic heterocycles. The first-order valence-corrected chi connectivity index (χ1v) is 5.66. The fourth-order valence-electron chi connectivity index (χ4n) is 1.85. The van der Waals surface area contributed by atoms with Crippen molar-refractivity contribution >= 4 is 11.8 Å². The van der Waals surface area contributed by atoms with E-state index in [1.165, 1.54) is 0 Å². The van der Waals surface area contributed by atoms with Crippen LogP contribution in [0.3, 0.4) is 0 Å². The van der Waals surface area contributed by atoms with Crippen molar-refractivity contribution in [2.45, 2.75) is 31.8 Å². The topological polar surface area (TPSA) is 58.2 Å². The predicted octanol–water partition coefficient (Wildman–Crippen LogP) is 0.622. The average molecular weight is 232 g/mol. The first-order valence-electron chi connectivity index (χ1n) is 5.66. The van der Waals surface area contributed by atoms with E-state index in [1.54, 1.807) is 13.8 Å². The summed E-state index contributed by atoms with van der Waals surface area (Å²) in [5.74, 6) is -0.267. The van der Waals surface area contributed by atoms with Crippen LogP contribution in [0.4, 0.5) is 0 Å². The molecule has 1 aliphatic rings. The third-order valence-corrected chi connectivity index (χ3v) is 2.91. The van der Waals surface area contributed by atoms with E-state index in [9.17, 15) is 9.59 Å². The maximum absolute atomic E-state index is 11.8. The smallest absolute Gasteiger partial charge is 0.245 e. The number of piperazine rings is 1. The molecule has 1 heterocycles. The van der Waals surface area contributed by atoms with Crippen molar-refractivity contribution in [1.82, 2.24) is 10.6 Å². The molecule has 0 unspecified atom stereocenters. The summed E-state index contributed by atoms with van der Waals surface area (Å²) in [5, 5.41) is 5.48. The van der Waals surface area contributed by atoms with E-state index in [0.717, 1.165) is 5.56 Å². The number of rotatable bonds is 2. The quantitative estimate of drug-likeness (QED) is 0.785. The second kappa shape index (κ2) is 4.20. The molecule has 1 aromatic carbocycles. The number of benzene rings is 1. The SMILES string of the molecule is CC1(C)NC(=O)[C@H](Cc2ccccc2)NC1=O. The first-order chi connectivity index (χ1) is 7.99. The lowest BCUT2D eigenvalue weighted by Crippen LogP contribution is -2.67.